The van der Waals surface area contributed by atoms with Crippen LogP contribution < -0.4 is 31.3 Å². The zero-order valence-electron chi connectivity index (χ0n) is 52.0. The standard InChI is InChI=1S/C64H92ClN5O15/c1-14-42(15-2)59(76)85-62(8,9)26-17-16-21-45(71)33-46(37(3)4)58(75)69-47(22-19-27-67-60(66)77)49(72)32-43-24-25-44(29-39(43)6)68-61(78)83-53-34-54(73)70(11)48-30-41(31-50(80-12)56(48)65)28-38(5)20-18-23-52(81-13)64(79)35-51(82-55(74)36-64)40(7)57-63(53,10)84-57/h18,20,23-25,29-31,37,40,42,46-47,51-53,57,79H,14-17,19,21-22,26-28,32-36H2,1-13H3,(H,68,78)(H,69,75)(H3,66,67,77)/b23-18+,38-20+/t40-,46+,47+,51+,52-,53+,57+,63+,64-/m1/s1. The van der Waals surface area contributed by atoms with Crippen LogP contribution in [-0.4, -0.2) is 128 Å². The number of methoxy groups -OCH3 is 2. The number of halogens is 1. The number of ether oxygens (including phenoxy) is 6. The molecular weight excluding hydrogens is 1110 g/mol. The summed E-state index contributed by atoms with van der Waals surface area (Å²) < 4.78 is 35.5. The van der Waals surface area contributed by atoms with Gasteiger partial charge in [-0.25, -0.2) is 9.59 Å². The molecule has 2 fully saturated rings. The van der Waals surface area contributed by atoms with Crippen molar-refractivity contribution in [1.82, 2.24) is 10.6 Å². The number of fused-ring (bicyclic) bond motifs is 5. The van der Waals surface area contributed by atoms with Crippen LogP contribution in [0.2, 0.25) is 5.02 Å². The van der Waals surface area contributed by atoms with E-state index in [-0.39, 0.29) is 85.9 Å². The van der Waals surface area contributed by atoms with Gasteiger partial charge in [-0.2, -0.15) is 0 Å². The number of aliphatic hydroxyl groups is 1. The average Bonchev–Trinajstić information content (AvgIpc) is 1.84. The summed E-state index contributed by atoms with van der Waals surface area (Å²) in [6.07, 6.45) is 4.23. The third-order valence-electron chi connectivity index (χ3n) is 16.9. The van der Waals surface area contributed by atoms with Crippen LogP contribution in [0.3, 0.4) is 0 Å². The molecule has 0 aliphatic carbocycles. The smallest absolute Gasteiger partial charge is 0.412 e. The van der Waals surface area contributed by atoms with Crippen molar-refractivity contribution in [3.8, 4) is 5.75 Å². The van der Waals surface area contributed by atoms with Gasteiger partial charge in [0.1, 0.15) is 51.7 Å². The number of epoxide rings is 1. The summed E-state index contributed by atoms with van der Waals surface area (Å²) in [5, 5.41) is 20.4. The van der Waals surface area contributed by atoms with Gasteiger partial charge in [-0.3, -0.25) is 34.1 Å². The first-order valence-electron chi connectivity index (χ1n) is 29.8. The SMILES string of the molecule is CCC(CC)C(=O)OC(C)(C)CCCCC(=O)C[C@H](C(=O)N[C@@H](CCCNC(N)=O)C(=O)Cc1ccc(NC(=O)O[C@H]2CC(=O)N(C)c3cc(cc(OC)c3Cl)C/C(C)=C/C=C/[C@@H](OC)[C@]3(O)CC(=O)O[C@@H](C3)[C@@H](C)[C@@H]3O[C@@]23C)cc1C)C(C)C. The number of nitrogens with zero attached hydrogens (tertiary/aromatic N) is 1. The zero-order valence-corrected chi connectivity index (χ0v) is 52.7. The van der Waals surface area contributed by atoms with Crippen LogP contribution in [0.1, 0.15) is 156 Å². The largest absolute Gasteiger partial charge is 0.495 e. The van der Waals surface area contributed by atoms with E-state index in [9.17, 15) is 43.5 Å². The number of aryl methyl sites for hydroxylation is 1. The number of carbonyl (C=O) groups excluding carboxylic acids is 8. The molecule has 85 heavy (non-hydrogen) atoms. The van der Waals surface area contributed by atoms with E-state index in [1.807, 2.05) is 54.5 Å². The van der Waals surface area contributed by atoms with Gasteiger partial charge in [-0.05, 0) is 133 Å². The lowest BCUT2D eigenvalue weighted by atomic mass is 9.78. The van der Waals surface area contributed by atoms with Crippen molar-refractivity contribution in [3.05, 3.63) is 75.8 Å². The monoisotopic (exact) mass is 1210 g/mol. The fraction of sp³-hybridized carbons (Fsp3) is 0.625. The van der Waals surface area contributed by atoms with Crippen molar-refractivity contribution in [3.63, 3.8) is 0 Å². The van der Waals surface area contributed by atoms with Crippen LogP contribution in [0.15, 0.2) is 54.1 Å². The molecule has 0 saturated carbocycles. The number of hydrogen-bond donors (Lipinski definition) is 5. The topological polar surface area (TPSA) is 281 Å². The summed E-state index contributed by atoms with van der Waals surface area (Å²) in [7, 11) is 4.49. The van der Waals surface area contributed by atoms with Crippen molar-refractivity contribution >= 4 is 70.4 Å². The summed E-state index contributed by atoms with van der Waals surface area (Å²) in [5.74, 6) is -3.52. The number of urea groups is 1. The van der Waals surface area contributed by atoms with E-state index in [0.717, 1.165) is 11.1 Å². The molecule has 5 amide bonds. The zero-order chi connectivity index (χ0) is 63.1. The highest BCUT2D eigenvalue weighted by Gasteiger charge is 2.64. The van der Waals surface area contributed by atoms with Crippen molar-refractivity contribution in [2.24, 2.45) is 29.4 Å². The number of unbranched alkanes of at least 4 members (excludes halogenated alkanes) is 1. The molecule has 3 aliphatic rings. The van der Waals surface area contributed by atoms with Crippen molar-refractivity contribution in [2.75, 3.05) is 38.0 Å². The van der Waals surface area contributed by atoms with Crippen LogP contribution in [0.25, 0.3) is 0 Å². The van der Waals surface area contributed by atoms with Crippen LogP contribution >= 0.6 is 11.6 Å². The van der Waals surface area contributed by atoms with Crippen LogP contribution in [-0.2, 0) is 65.3 Å². The Morgan fingerprint density at radius 1 is 1.01 bits per heavy atom. The Bertz CT molecular complexity index is 2800. The molecule has 3 aliphatic heterocycles. The van der Waals surface area contributed by atoms with Gasteiger partial charge in [-0.1, -0.05) is 76.1 Å². The third-order valence-corrected chi connectivity index (χ3v) is 17.2. The van der Waals surface area contributed by atoms with Gasteiger partial charge >= 0.3 is 24.1 Å². The van der Waals surface area contributed by atoms with Gasteiger partial charge in [0.2, 0.25) is 11.8 Å². The summed E-state index contributed by atoms with van der Waals surface area (Å²) >= 11 is 6.86. The molecule has 5 rings (SSSR count). The number of allylic oxidation sites excluding steroid dienone is 3. The van der Waals surface area contributed by atoms with Gasteiger partial charge in [0.25, 0.3) is 0 Å². The number of amides is 5. The number of Topliss-reactive ketones (excluding diaryl/α,β-unsaturated/α-hetero) is 2. The van der Waals surface area contributed by atoms with E-state index in [4.69, 9.17) is 45.8 Å². The number of anilines is 2. The summed E-state index contributed by atoms with van der Waals surface area (Å²) in [5.41, 5.74) is 5.25. The Balaban J connectivity index is 1.32. The van der Waals surface area contributed by atoms with Crippen LogP contribution in [0, 0.1) is 30.6 Å². The Kier molecular flexibility index (Phi) is 25.2. The second-order valence-electron chi connectivity index (χ2n) is 24.4. The number of nitrogens with two attached hydrogens (primary N) is 1. The number of primary amides is 1. The number of esters is 2. The molecule has 2 saturated heterocycles. The second kappa shape index (κ2) is 30.8. The number of carbonyl (C=O) groups is 8. The van der Waals surface area contributed by atoms with E-state index in [1.54, 1.807) is 70.3 Å². The van der Waals surface area contributed by atoms with Gasteiger partial charge in [0, 0.05) is 63.9 Å². The van der Waals surface area contributed by atoms with Crippen LogP contribution in [0.4, 0.5) is 21.0 Å². The average molecular weight is 1210 g/mol. The highest BCUT2D eigenvalue weighted by molar-refractivity contribution is 6.35. The van der Waals surface area contributed by atoms with E-state index in [1.165, 1.54) is 19.1 Å². The lowest BCUT2D eigenvalue weighted by Crippen LogP contribution is -2.53. The number of ketones is 2. The van der Waals surface area contributed by atoms with E-state index in [2.05, 4.69) is 16.0 Å². The molecule has 0 radical (unpaired) electrons. The maximum atomic E-state index is 14.5. The molecule has 2 aromatic carbocycles. The molecule has 6 N–H and O–H groups in total. The first kappa shape index (κ1) is 69.4. The molecular formula is C64H92ClN5O15. The minimum Gasteiger partial charge on any atom is -0.495 e. The Morgan fingerprint density at radius 3 is 2.35 bits per heavy atom. The van der Waals surface area contributed by atoms with E-state index in [0.29, 0.717) is 73.2 Å². The van der Waals surface area contributed by atoms with E-state index >= 15 is 0 Å². The fourth-order valence-corrected chi connectivity index (χ4v) is 11.7. The minimum atomic E-state index is -1.64. The molecule has 9 atom stereocenters. The first-order valence-corrected chi connectivity index (χ1v) is 30.1. The first-order chi connectivity index (χ1) is 40.0. The van der Waals surface area contributed by atoms with Crippen molar-refractivity contribution < 1.29 is 71.9 Å². The van der Waals surface area contributed by atoms with Gasteiger partial charge < -0.3 is 54.8 Å². The predicted octanol–water partition coefficient (Wildman–Crippen LogP) is 9.53. The summed E-state index contributed by atoms with van der Waals surface area (Å²) in [6, 6.07) is 6.76. The highest BCUT2D eigenvalue weighted by atomic mass is 35.5. The second-order valence-corrected chi connectivity index (χ2v) is 24.8. The molecule has 0 unspecified atom stereocenters. The predicted molar refractivity (Wildman–Crippen MR) is 323 cm³/mol. The molecule has 0 aromatic heterocycles. The van der Waals surface area contributed by atoms with Gasteiger partial charge in [0.05, 0.1) is 43.7 Å². The molecule has 470 valence electrons. The number of hydrogen-bond acceptors (Lipinski definition) is 15. The van der Waals surface area contributed by atoms with Gasteiger partial charge in [0.15, 0.2) is 5.78 Å². The number of nitrogens with one attached hydrogen (secondary N) is 3. The molecule has 0 spiro atoms. The lowest BCUT2D eigenvalue weighted by Gasteiger charge is -2.41. The number of rotatable bonds is 25. The minimum absolute atomic E-state index is 0.00715. The normalized spacial score (nSPS) is 24.4. The molecule has 3 heterocycles. The Hall–Kier alpha value is -6.35. The quantitative estimate of drug-likeness (QED) is 0.0268. The number of benzene rings is 2. The molecule has 20 nitrogen and oxygen atoms in total. The highest BCUT2D eigenvalue weighted by Crippen LogP contribution is 2.50. The third kappa shape index (κ3) is 19.3. The Morgan fingerprint density at radius 2 is 1.72 bits per heavy atom. The summed E-state index contributed by atoms with van der Waals surface area (Å²) in [6.45, 7) is 18.7. The molecule has 2 aromatic rings. The Labute approximate surface area is 506 Å². The molecule has 21 heteroatoms. The lowest BCUT2D eigenvalue weighted by molar-refractivity contribution is -0.187. The van der Waals surface area contributed by atoms with Crippen molar-refractivity contribution in [1.29, 1.82) is 0 Å². The van der Waals surface area contributed by atoms with Crippen LogP contribution in [0.5, 0.6) is 5.75 Å². The van der Waals surface area contributed by atoms with Crippen molar-refractivity contribution in [2.45, 2.75) is 206 Å². The van der Waals surface area contributed by atoms with E-state index < -0.39 is 89.0 Å². The molecule has 4 bridgehead atoms. The fourth-order valence-electron chi connectivity index (χ4n) is 11.4. The maximum Gasteiger partial charge on any atom is 0.412 e. The maximum absolute atomic E-state index is 14.5. The van der Waals surface area contributed by atoms with Gasteiger partial charge in [-0.15, -0.1) is 0 Å². The summed E-state index contributed by atoms with van der Waals surface area (Å²) in [4.78, 5) is 109.